The van der Waals surface area contributed by atoms with Crippen molar-refractivity contribution in [3.8, 4) is 11.6 Å². The van der Waals surface area contributed by atoms with Gasteiger partial charge in [0.15, 0.2) is 11.6 Å². The molecule has 0 aliphatic heterocycles. The van der Waals surface area contributed by atoms with Crippen LogP contribution in [0.15, 0.2) is 29.0 Å². The third-order valence-electron chi connectivity index (χ3n) is 2.68. The van der Waals surface area contributed by atoms with Gasteiger partial charge in [0.05, 0.1) is 6.26 Å². The maximum absolute atomic E-state index is 11.1. The van der Waals surface area contributed by atoms with E-state index in [0.29, 0.717) is 23.4 Å². The molecule has 2 aromatic heterocycles. The molecule has 6 heteroatoms. The molecule has 0 unspecified atom stereocenters. The van der Waals surface area contributed by atoms with Crippen LogP contribution >= 0.6 is 0 Å². The lowest BCUT2D eigenvalue weighted by atomic mass is 10.3. The van der Waals surface area contributed by atoms with Crippen LogP contribution in [0, 0.1) is 0 Å². The van der Waals surface area contributed by atoms with Crippen LogP contribution in [0.25, 0.3) is 11.6 Å². The molecular weight excluding hydrogens is 234 g/mol. The molecule has 0 radical (unpaired) electrons. The molecule has 1 aliphatic rings. The predicted molar refractivity (Wildman–Crippen MR) is 63.3 cm³/mol. The third kappa shape index (κ3) is 2.04. The van der Waals surface area contributed by atoms with Gasteiger partial charge in [0.25, 0.3) is 0 Å². The number of carboxylic acid groups (broad SMARTS) is 1. The van der Waals surface area contributed by atoms with Crippen LogP contribution in [-0.4, -0.2) is 27.1 Å². The molecule has 2 aromatic rings. The zero-order valence-corrected chi connectivity index (χ0v) is 9.46. The van der Waals surface area contributed by atoms with E-state index in [2.05, 4.69) is 15.3 Å². The van der Waals surface area contributed by atoms with Crippen molar-refractivity contribution in [3.05, 3.63) is 30.2 Å². The van der Waals surface area contributed by atoms with E-state index in [9.17, 15) is 4.79 Å². The van der Waals surface area contributed by atoms with Crippen LogP contribution < -0.4 is 5.32 Å². The van der Waals surface area contributed by atoms with E-state index in [4.69, 9.17) is 9.52 Å². The zero-order chi connectivity index (χ0) is 12.5. The summed E-state index contributed by atoms with van der Waals surface area (Å²) in [7, 11) is 0. The van der Waals surface area contributed by atoms with Crippen LogP contribution in [0.3, 0.4) is 0 Å². The summed E-state index contributed by atoms with van der Waals surface area (Å²) in [6, 6.07) is 3.79. The predicted octanol–water partition coefficient (Wildman–Crippen LogP) is 2.01. The molecule has 18 heavy (non-hydrogen) atoms. The van der Waals surface area contributed by atoms with Crippen LogP contribution in [0.1, 0.15) is 23.2 Å². The van der Waals surface area contributed by atoms with Crippen molar-refractivity contribution in [3.63, 3.8) is 0 Å². The average molecular weight is 245 g/mol. The van der Waals surface area contributed by atoms with E-state index in [1.807, 2.05) is 0 Å². The number of nitrogens with zero attached hydrogens (tertiary/aromatic N) is 2. The summed E-state index contributed by atoms with van der Waals surface area (Å²) in [6.45, 7) is 0. The number of hydrogen-bond donors (Lipinski definition) is 2. The topological polar surface area (TPSA) is 88.2 Å². The lowest BCUT2D eigenvalue weighted by molar-refractivity contribution is 0.0697. The average Bonchev–Trinajstić information content (AvgIpc) is 3.00. The van der Waals surface area contributed by atoms with Gasteiger partial charge in [-0.2, -0.15) is 0 Å². The van der Waals surface area contributed by atoms with E-state index in [1.165, 1.54) is 12.5 Å². The molecular formula is C12H11N3O3. The highest BCUT2D eigenvalue weighted by atomic mass is 16.4. The number of rotatable bonds is 4. The first kappa shape index (κ1) is 10.8. The second-order valence-corrected chi connectivity index (χ2v) is 4.16. The molecule has 2 heterocycles. The maximum Gasteiger partial charge on any atom is 0.341 e. The Balaban J connectivity index is 2.00. The smallest absolute Gasteiger partial charge is 0.341 e. The summed E-state index contributed by atoms with van der Waals surface area (Å²) in [5.74, 6) is 0.217. The number of carboxylic acids is 1. The molecule has 0 aromatic carbocycles. The fourth-order valence-electron chi connectivity index (χ4n) is 1.59. The minimum Gasteiger partial charge on any atom is -0.477 e. The lowest BCUT2D eigenvalue weighted by Crippen LogP contribution is -2.11. The Hall–Kier alpha value is -2.37. The van der Waals surface area contributed by atoms with Gasteiger partial charge in [0, 0.05) is 12.2 Å². The van der Waals surface area contributed by atoms with Gasteiger partial charge in [-0.1, -0.05) is 0 Å². The molecule has 0 spiro atoms. The number of aromatic nitrogens is 2. The van der Waals surface area contributed by atoms with Crippen molar-refractivity contribution in [2.45, 2.75) is 18.9 Å². The first-order valence-electron chi connectivity index (χ1n) is 5.65. The molecule has 0 amide bonds. The van der Waals surface area contributed by atoms with Crippen molar-refractivity contribution >= 4 is 11.8 Å². The highest BCUT2D eigenvalue weighted by Crippen LogP contribution is 2.27. The largest absolute Gasteiger partial charge is 0.477 e. The summed E-state index contributed by atoms with van der Waals surface area (Å²) in [5.41, 5.74) is 0.0807. The van der Waals surface area contributed by atoms with Crippen molar-refractivity contribution in [2.24, 2.45) is 0 Å². The summed E-state index contributed by atoms with van der Waals surface area (Å²) < 4.78 is 5.20. The normalized spacial score (nSPS) is 14.4. The molecule has 3 rings (SSSR count). The minimum absolute atomic E-state index is 0.0807. The highest BCUT2D eigenvalue weighted by molar-refractivity contribution is 5.93. The van der Waals surface area contributed by atoms with Crippen LogP contribution in [-0.2, 0) is 0 Å². The van der Waals surface area contributed by atoms with Gasteiger partial charge in [0.2, 0.25) is 0 Å². The zero-order valence-electron chi connectivity index (χ0n) is 9.46. The molecule has 0 bridgehead atoms. The van der Waals surface area contributed by atoms with E-state index in [0.717, 1.165) is 12.8 Å². The Morgan fingerprint density at radius 1 is 1.50 bits per heavy atom. The number of nitrogens with one attached hydrogen (secondary N) is 1. The molecule has 6 nitrogen and oxygen atoms in total. The fraction of sp³-hybridized carbons (Fsp3) is 0.250. The van der Waals surface area contributed by atoms with Crippen LogP contribution in [0.5, 0.6) is 0 Å². The third-order valence-corrected chi connectivity index (χ3v) is 2.68. The van der Waals surface area contributed by atoms with Gasteiger partial charge in [-0.25, -0.2) is 14.8 Å². The Morgan fingerprint density at radius 2 is 2.33 bits per heavy atom. The molecule has 0 saturated heterocycles. The first-order chi connectivity index (χ1) is 8.74. The van der Waals surface area contributed by atoms with Crippen LogP contribution in [0.4, 0.5) is 5.82 Å². The second-order valence-electron chi connectivity index (χ2n) is 4.16. The second kappa shape index (κ2) is 4.14. The monoisotopic (exact) mass is 245 g/mol. The maximum atomic E-state index is 11.1. The Morgan fingerprint density at radius 3 is 2.94 bits per heavy atom. The van der Waals surface area contributed by atoms with E-state index in [1.54, 1.807) is 12.1 Å². The molecule has 1 fully saturated rings. The number of hydrogen-bond acceptors (Lipinski definition) is 5. The van der Waals surface area contributed by atoms with Gasteiger partial charge in [-0.05, 0) is 25.0 Å². The molecule has 0 atom stereocenters. The first-order valence-corrected chi connectivity index (χ1v) is 5.65. The van der Waals surface area contributed by atoms with E-state index in [-0.39, 0.29) is 5.56 Å². The molecule has 1 aliphatic carbocycles. The van der Waals surface area contributed by atoms with Gasteiger partial charge < -0.3 is 14.8 Å². The lowest BCUT2D eigenvalue weighted by Gasteiger charge is -2.07. The van der Waals surface area contributed by atoms with Gasteiger partial charge in [-0.15, -0.1) is 0 Å². The standard InChI is InChI=1S/C12H11N3O3/c16-12(17)8-6-13-11(9-2-1-5-18-9)15-10(8)14-7-3-4-7/h1-2,5-7H,3-4H2,(H,16,17)(H,13,14,15). The summed E-state index contributed by atoms with van der Waals surface area (Å²) in [6.07, 6.45) is 4.91. The van der Waals surface area contributed by atoms with Gasteiger partial charge >= 0.3 is 5.97 Å². The Bertz CT molecular complexity index is 576. The summed E-state index contributed by atoms with van der Waals surface area (Å²) >= 11 is 0. The molecule has 2 N–H and O–H groups in total. The van der Waals surface area contributed by atoms with Gasteiger partial charge in [0.1, 0.15) is 11.4 Å². The number of anilines is 1. The highest BCUT2D eigenvalue weighted by Gasteiger charge is 2.25. The number of furan rings is 1. The quantitative estimate of drug-likeness (QED) is 0.856. The summed E-state index contributed by atoms with van der Waals surface area (Å²) in [5, 5.41) is 12.2. The van der Waals surface area contributed by atoms with Gasteiger partial charge in [-0.3, -0.25) is 0 Å². The number of aromatic carboxylic acids is 1. The summed E-state index contributed by atoms with van der Waals surface area (Å²) in [4.78, 5) is 19.3. The van der Waals surface area contributed by atoms with Crippen LogP contribution in [0.2, 0.25) is 0 Å². The number of carbonyl (C=O) groups is 1. The van der Waals surface area contributed by atoms with Crippen molar-refractivity contribution in [1.82, 2.24) is 9.97 Å². The molecule has 92 valence electrons. The van der Waals surface area contributed by atoms with E-state index >= 15 is 0 Å². The fourth-order valence-corrected chi connectivity index (χ4v) is 1.59. The molecule has 1 saturated carbocycles. The Kier molecular flexibility index (Phi) is 2.47. The SMILES string of the molecule is O=C(O)c1cnc(-c2ccco2)nc1NC1CC1. The van der Waals surface area contributed by atoms with Crippen molar-refractivity contribution < 1.29 is 14.3 Å². The Labute approximate surface area is 103 Å². The van der Waals surface area contributed by atoms with Crippen molar-refractivity contribution in [1.29, 1.82) is 0 Å². The minimum atomic E-state index is -1.04. The van der Waals surface area contributed by atoms with E-state index < -0.39 is 5.97 Å². The van der Waals surface area contributed by atoms with Crippen molar-refractivity contribution in [2.75, 3.05) is 5.32 Å².